The third-order valence-electron chi connectivity index (χ3n) is 6.55. The number of nitrogens with two attached hydrogens (primary N) is 1. The number of hydrogen-bond acceptors (Lipinski definition) is 6. The third kappa shape index (κ3) is 4.83. The minimum absolute atomic E-state index is 0.274. The Morgan fingerprint density at radius 3 is 2.66 bits per heavy atom. The third-order valence-corrected chi connectivity index (χ3v) is 8.85. The van der Waals surface area contributed by atoms with Crippen LogP contribution in [0.1, 0.15) is 31.4 Å². The number of anilines is 2. The SMILES string of the molecule is [B]c1cnn2c(NCC3CCN(S(=O)(=O)c4ccc(N)cc4)CC3)cc(C3=C(Cl)CCC=C3)nc12. The molecule has 3 heterocycles. The fraction of sp³-hybridized carbons (Fsp3) is 0.333. The van der Waals surface area contributed by atoms with Gasteiger partial charge in [0.05, 0.1) is 10.6 Å². The number of rotatable bonds is 6. The zero-order valence-electron chi connectivity index (χ0n) is 19.2. The molecule has 0 spiro atoms. The van der Waals surface area contributed by atoms with E-state index in [1.54, 1.807) is 39.3 Å². The van der Waals surface area contributed by atoms with E-state index in [9.17, 15) is 8.42 Å². The Bertz CT molecular complexity index is 1410. The molecule has 3 aromatic rings. The van der Waals surface area contributed by atoms with Crippen molar-refractivity contribution in [2.45, 2.75) is 30.6 Å². The first-order chi connectivity index (χ1) is 16.8. The quantitative estimate of drug-likeness (QED) is 0.392. The molecule has 1 fully saturated rings. The van der Waals surface area contributed by atoms with Gasteiger partial charge in [0, 0.05) is 48.2 Å². The van der Waals surface area contributed by atoms with E-state index in [2.05, 4.69) is 16.5 Å². The van der Waals surface area contributed by atoms with Crippen LogP contribution < -0.4 is 16.5 Å². The molecule has 0 atom stereocenters. The normalized spacial score (nSPS) is 17.9. The topological polar surface area (TPSA) is 106 Å². The van der Waals surface area contributed by atoms with E-state index in [4.69, 9.17) is 30.2 Å². The van der Waals surface area contributed by atoms with Crippen molar-refractivity contribution >= 4 is 57.7 Å². The Labute approximate surface area is 211 Å². The molecule has 5 rings (SSSR count). The van der Waals surface area contributed by atoms with Crippen LogP contribution in [-0.2, 0) is 10.0 Å². The van der Waals surface area contributed by atoms with Crippen molar-refractivity contribution in [2.24, 2.45) is 5.92 Å². The van der Waals surface area contributed by atoms with Crippen LogP contribution in [0.25, 0.3) is 11.2 Å². The van der Waals surface area contributed by atoms with Gasteiger partial charge in [0.1, 0.15) is 13.7 Å². The molecule has 0 saturated carbocycles. The standard InChI is InChI=1S/C24H26BClN6O2S/c25-20-15-29-32-23(13-22(30-24(20)32)19-3-1-2-4-21(19)26)28-14-16-9-11-31(12-10-16)35(33,34)18-7-5-17(27)6-8-18/h1,3,5-8,13,15-16,28H,2,4,9-12,14,27H2. The second kappa shape index (κ2) is 9.68. The average molecular weight is 509 g/mol. The molecule has 35 heavy (non-hydrogen) atoms. The molecule has 3 N–H and O–H groups in total. The highest BCUT2D eigenvalue weighted by atomic mass is 35.5. The fourth-order valence-electron chi connectivity index (χ4n) is 4.50. The Balaban J connectivity index is 1.29. The van der Waals surface area contributed by atoms with Gasteiger partial charge in [0.2, 0.25) is 10.0 Å². The van der Waals surface area contributed by atoms with Gasteiger partial charge in [-0.15, -0.1) is 0 Å². The Morgan fingerprint density at radius 2 is 1.94 bits per heavy atom. The Morgan fingerprint density at radius 1 is 1.20 bits per heavy atom. The van der Waals surface area contributed by atoms with E-state index in [0.29, 0.717) is 42.3 Å². The first-order valence-corrected chi connectivity index (χ1v) is 13.4. The van der Waals surface area contributed by atoms with Crippen LogP contribution in [0.3, 0.4) is 0 Å². The molecule has 1 aliphatic heterocycles. The van der Waals surface area contributed by atoms with Crippen molar-refractivity contribution < 1.29 is 8.42 Å². The van der Waals surface area contributed by atoms with E-state index < -0.39 is 10.0 Å². The highest BCUT2D eigenvalue weighted by Gasteiger charge is 2.29. The van der Waals surface area contributed by atoms with Crippen molar-refractivity contribution in [3.63, 3.8) is 0 Å². The first kappa shape index (κ1) is 23.9. The lowest BCUT2D eigenvalue weighted by atomic mass is 9.98. The molecule has 11 heteroatoms. The lowest BCUT2D eigenvalue weighted by Crippen LogP contribution is -2.39. The monoisotopic (exact) mass is 508 g/mol. The smallest absolute Gasteiger partial charge is 0.243 e. The van der Waals surface area contributed by atoms with Gasteiger partial charge in [-0.05, 0) is 61.3 Å². The first-order valence-electron chi connectivity index (χ1n) is 11.6. The number of nitrogens with zero attached hydrogens (tertiary/aromatic N) is 4. The number of halogens is 1. The number of nitrogens with one attached hydrogen (secondary N) is 1. The molecule has 180 valence electrons. The molecule has 8 nitrogen and oxygen atoms in total. The minimum atomic E-state index is -3.52. The van der Waals surface area contributed by atoms with Crippen LogP contribution in [-0.4, -0.2) is 54.8 Å². The number of sulfonamides is 1. The molecular formula is C24H26BClN6O2S. The Hall–Kier alpha value is -2.82. The number of hydrogen-bond donors (Lipinski definition) is 2. The van der Waals surface area contributed by atoms with Crippen molar-refractivity contribution in [1.82, 2.24) is 18.9 Å². The summed E-state index contributed by atoms with van der Waals surface area (Å²) in [5.74, 6) is 1.08. The van der Waals surface area contributed by atoms with Crippen molar-refractivity contribution in [3.8, 4) is 0 Å². The van der Waals surface area contributed by atoms with E-state index in [1.165, 1.54) is 0 Å². The highest BCUT2D eigenvalue weighted by molar-refractivity contribution is 7.89. The molecule has 1 aliphatic carbocycles. The molecule has 0 unspecified atom stereocenters. The van der Waals surface area contributed by atoms with Crippen molar-refractivity contribution in [1.29, 1.82) is 0 Å². The molecule has 2 radical (unpaired) electrons. The maximum atomic E-state index is 13.0. The highest BCUT2D eigenvalue weighted by Crippen LogP contribution is 2.31. The van der Waals surface area contributed by atoms with Crippen LogP contribution in [0.2, 0.25) is 0 Å². The molecule has 1 saturated heterocycles. The maximum absolute atomic E-state index is 13.0. The van der Waals surface area contributed by atoms with Crippen molar-refractivity contribution in [3.05, 3.63) is 59.4 Å². The van der Waals surface area contributed by atoms with E-state index in [-0.39, 0.29) is 4.90 Å². The van der Waals surface area contributed by atoms with Gasteiger partial charge >= 0.3 is 0 Å². The lowest BCUT2D eigenvalue weighted by molar-refractivity contribution is 0.282. The summed E-state index contributed by atoms with van der Waals surface area (Å²) in [6.45, 7) is 1.62. The number of benzene rings is 1. The van der Waals surface area contributed by atoms with Gasteiger partial charge in [-0.1, -0.05) is 23.8 Å². The summed E-state index contributed by atoms with van der Waals surface area (Å²) in [6, 6.07) is 8.28. The van der Waals surface area contributed by atoms with Crippen LogP contribution in [0.4, 0.5) is 11.5 Å². The summed E-state index contributed by atoms with van der Waals surface area (Å²) in [4.78, 5) is 4.97. The van der Waals surface area contributed by atoms with E-state index >= 15 is 0 Å². The minimum Gasteiger partial charge on any atom is -0.399 e. The average Bonchev–Trinajstić information content (AvgIpc) is 3.24. The summed E-state index contributed by atoms with van der Waals surface area (Å²) in [5.41, 5.74) is 8.95. The molecular weight excluding hydrogens is 483 g/mol. The van der Waals surface area contributed by atoms with Gasteiger partial charge in [-0.2, -0.15) is 13.9 Å². The second-order valence-electron chi connectivity index (χ2n) is 8.92. The summed E-state index contributed by atoms with van der Waals surface area (Å²) in [5, 5.41) is 8.64. The van der Waals surface area contributed by atoms with Gasteiger partial charge in [-0.3, -0.25) is 0 Å². The van der Waals surface area contributed by atoms with Gasteiger partial charge in [0.25, 0.3) is 0 Å². The van der Waals surface area contributed by atoms with E-state index in [1.807, 2.05) is 12.1 Å². The largest absolute Gasteiger partial charge is 0.399 e. The zero-order valence-corrected chi connectivity index (χ0v) is 20.8. The van der Waals surface area contributed by atoms with Crippen LogP contribution >= 0.6 is 11.6 Å². The number of fused-ring (bicyclic) bond motifs is 1. The van der Waals surface area contributed by atoms with Gasteiger partial charge < -0.3 is 11.1 Å². The number of nitrogen functional groups attached to an aromatic ring is 1. The summed E-state index contributed by atoms with van der Waals surface area (Å²) in [6.07, 6.45) is 8.88. The Kier molecular flexibility index (Phi) is 6.61. The molecule has 0 bridgehead atoms. The maximum Gasteiger partial charge on any atom is 0.243 e. The zero-order chi connectivity index (χ0) is 24.6. The van der Waals surface area contributed by atoms with E-state index in [0.717, 1.165) is 47.8 Å². The molecule has 2 aromatic heterocycles. The summed E-state index contributed by atoms with van der Waals surface area (Å²) >= 11 is 6.49. The van der Waals surface area contributed by atoms with Crippen molar-refractivity contribution in [2.75, 3.05) is 30.7 Å². The van der Waals surface area contributed by atoms with Crippen LogP contribution in [0, 0.1) is 5.92 Å². The number of allylic oxidation sites excluding steroid dienone is 4. The molecule has 2 aliphatic rings. The van der Waals surface area contributed by atoms with Gasteiger partial charge in [-0.25, -0.2) is 13.4 Å². The van der Waals surface area contributed by atoms with Gasteiger partial charge in [0.15, 0.2) is 5.65 Å². The van der Waals surface area contributed by atoms with Crippen LogP contribution in [0.5, 0.6) is 0 Å². The number of aromatic nitrogens is 3. The fourth-order valence-corrected chi connectivity index (χ4v) is 6.23. The predicted molar refractivity (Wildman–Crippen MR) is 140 cm³/mol. The number of piperidine rings is 1. The summed E-state index contributed by atoms with van der Waals surface area (Å²) in [7, 11) is 2.60. The second-order valence-corrected chi connectivity index (χ2v) is 11.3. The lowest BCUT2D eigenvalue weighted by Gasteiger charge is -2.31. The molecule has 1 aromatic carbocycles. The van der Waals surface area contributed by atoms with Crippen LogP contribution in [0.15, 0.2) is 58.6 Å². The predicted octanol–water partition coefficient (Wildman–Crippen LogP) is 2.92. The molecule has 0 amide bonds. The summed E-state index contributed by atoms with van der Waals surface area (Å²) < 4.78 is 29.2.